The third kappa shape index (κ3) is 0.889. The molecule has 6 N–H and O–H groups in total. The van der Waals surface area contributed by atoms with E-state index in [9.17, 15) is 4.79 Å². The topological polar surface area (TPSA) is 96.8 Å². The van der Waals surface area contributed by atoms with Gasteiger partial charge >= 0.3 is 5.69 Å². The number of aromatic amines is 2. The lowest BCUT2D eigenvalue weighted by molar-refractivity contribution is 0.956. The second-order valence-electron chi connectivity index (χ2n) is 2.95. The minimum atomic E-state index is -0.232. The Morgan fingerprint density at radius 3 is 2.00 bits per heavy atom. The van der Waals surface area contributed by atoms with E-state index in [4.69, 9.17) is 0 Å². The van der Waals surface area contributed by atoms with Gasteiger partial charge in [-0.15, -0.1) is 0 Å². The Labute approximate surface area is 78.3 Å². The molecule has 0 radical (unpaired) electrons. The minimum absolute atomic E-state index is 0.232. The van der Waals surface area contributed by atoms with Crippen LogP contribution in [0.4, 0.5) is 11.6 Å². The van der Waals surface area contributed by atoms with Crippen molar-refractivity contribution in [2.75, 3.05) is 10.6 Å². The lowest BCUT2D eigenvalue weighted by atomic mass is 10.6. The van der Waals surface area contributed by atoms with Gasteiger partial charge in [0.25, 0.3) is 0 Å². The summed E-state index contributed by atoms with van der Waals surface area (Å²) in [6.07, 6.45) is 3.56. The van der Waals surface area contributed by atoms with E-state index in [2.05, 4.69) is 31.2 Å². The highest BCUT2D eigenvalue weighted by molar-refractivity contribution is 5.72. The van der Waals surface area contributed by atoms with Crippen LogP contribution in [-0.2, 0) is 0 Å². The number of fused-ring (bicyclic) bond motifs is 1. The fraction of sp³-hybridized carbons (Fsp3) is 0. The van der Waals surface area contributed by atoms with Gasteiger partial charge in [-0.2, -0.15) is 0 Å². The molecule has 0 spiro atoms. The summed E-state index contributed by atoms with van der Waals surface area (Å²) in [5.41, 5.74) is -0.232. The molecule has 1 aromatic heterocycles. The molecular weight excluding hydrogens is 184 g/mol. The normalized spacial score (nSPS) is 17.1. The van der Waals surface area contributed by atoms with Gasteiger partial charge in [0.1, 0.15) is 5.82 Å². The molecule has 72 valence electrons. The van der Waals surface area contributed by atoms with Gasteiger partial charge in [-0.3, -0.25) is 9.97 Å². The fourth-order valence-electron chi connectivity index (χ4n) is 1.41. The van der Waals surface area contributed by atoms with Crippen LogP contribution in [0.5, 0.6) is 0 Å². The van der Waals surface area contributed by atoms with Gasteiger partial charge in [0.2, 0.25) is 0 Å². The molecule has 0 bridgehead atoms. The van der Waals surface area contributed by atoms with Crippen molar-refractivity contribution in [2.24, 2.45) is 0 Å². The van der Waals surface area contributed by atoms with Crippen LogP contribution in [0.15, 0.2) is 28.8 Å². The van der Waals surface area contributed by atoms with E-state index in [1.54, 1.807) is 12.4 Å². The zero-order valence-electron chi connectivity index (χ0n) is 7.06. The summed E-state index contributed by atoms with van der Waals surface area (Å²) in [6.45, 7) is 0. The standard InChI is InChI=1S/C7H8N6O/c14-7-12-5-6(13-7)11-4(10-5)3-8-1-2-9-3/h1-2,8-11H,(H2,12,13,14). The zero-order chi connectivity index (χ0) is 9.54. The molecule has 3 heterocycles. The molecule has 0 fully saturated rings. The Morgan fingerprint density at radius 1 is 0.857 bits per heavy atom. The predicted octanol–water partition coefficient (Wildman–Crippen LogP) is -0.669. The molecule has 0 saturated carbocycles. The highest BCUT2D eigenvalue weighted by atomic mass is 16.1. The summed E-state index contributed by atoms with van der Waals surface area (Å²) in [5, 5.41) is 12.0. The molecule has 0 aliphatic carbocycles. The fourth-order valence-corrected chi connectivity index (χ4v) is 1.41. The molecule has 0 saturated heterocycles. The van der Waals surface area contributed by atoms with Gasteiger partial charge in [0.05, 0.1) is 0 Å². The van der Waals surface area contributed by atoms with Crippen molar-refractivity contribution in [3.05, 3.63) is 34.5 Å². The average Bonchev–Trinajstić information content (AvgIpc) is 2.74. The van der Waals surface area contributed by atoms with Crippen LogP contribution in [0.25, 0.3) is 0 Å². The molecule has 2 aliphatic heterocycles. The lowest BCUT2D eigenvalue weighted by Gasteiger charge is -2.05. The minimum Gasteiger partial charge on any atom is -0.344 e. The Kier molecular flexibility index (Phi) is 1.19. The maximum atomic E-state index is 10.9. The second-order valence-corrected chi connectivity index (χ2v) is 2.95. The van der Waals surface area contributed by atoms with Crippen LogP contribution in [-0.4, -0.2) is 9.97 Å². The summed E-state index contributed by atoms with van der Waals surface area (Å²) in [5.74, 6) is 2.88. The SMILES string of the molecule is O=c1[nH]c2c([nH]1)NC(=C1NC=CN1)N2. The van der Waals surface area contributed by atoms with Crippen LogP contribution in [0.1, 0.15) is 0 Å². The van der Waals surface area contributed by atoms with Gasteiger partial charge in [-0.1, -0.05) is 0 Å². The number of anilines is 2. The van der Waals surface area contributed by atoms with Crippen LogP contribution in [0, 0.1) is 0 Å². The summed E-state index contributed by atoms with van der Waals surface area (Å²) in [6, 6.07) is 0. The molecule has 2 aliphatic rings. The number of aromatic nitrogens is 2. The van der Waals surface area contributed by atoms with Crippen molar-refractivity contribution in [1.29, 1.82) is 0 Å². The lowest BCUT2D eigenvalue weighted by Crippen LogP contribution is -2.20. The Balaban J connectivity index is 1.95. The number of imidazole rings is 1. The monoisotopic (exact) mass is 192 g/mol. The van der Waals surface area contributed by atoms with Crippen molar-refractivity contribution in [1.82, 2.24) is 20.6 Å². The van der Waals surface area contributed by atoms with E-state index < -0.39 is 0 Å². The Bertz CT molecular complexity index is 454. The number of nitrogens with one attached hydrogen (secondary N) is 6. The molecule has 3 rings (SSSR count). The van der Waals surface area contributed by atoms with Crippen molar-refractivity contribution < 1.29 is 0 Å². The molecule has 7 nitrogen and oxygen atoms in total. The first-order valence-corrected chi connectivity index (χ1v) is 4.11. The van der Waals surface area contributed by atoms with Crippen LogP contribution < -0.4 is 27.0 Å². The van der Waals surface area contributed by atoms with Crippen LogP contribution in [0.3, 0.4) is 0 Å². The zero-order valence-corrected chi connectivity index (χ0v) is 7.06. The maximum Gasteiger partial charge on any atom is 0.326 e. The van der Waals surface area contributed by atoms with Crippen molar-refractivity contribution in [2.45, 2.75) is 0 Å². The van der Waals surface area contributed by atoms with Gasteiger partial charge in [-0.05, 0) is 0 Å². The maximum absolute atomic E-state index is 10.9. The average molecular weight is 192 g/mol. The predicted molar refractivity (Wildman–Crippen MR) is 51.1 cm³/mol. The van der Waals surface area contributed by atoms with Gasteiger partial charge in [0, 0.05) is 12.4 Å². The number of rotatable bonds is 0. The molecule has 7 heteroatoms. The van der Waals surface area contributed by atoms with E-state index in [0.717, 1.165) is 11.6 Å². The van der Waals surface area contributed by atoms with Crippen molar-refractivity contribution in [3.8, 4) is 0 Å². The van der Waals surface area contributed by atoms with E-state index in [1.807, 2.05) is 0 Å². The molecule has 0 aromatic carbocycles. The summed E-state index contributed by atoms with van der Waals surface area (Å²) >= 11 is 0. The number of hydrogen-bond donors (Lipinski definition) is 6. The largest absolute Gasteiger partial charge is 0.344 e. The summed E-state index contributed by atoms with van der Waals surface area (Å²) in [7, 11) is 0. The molecule has 0 unspecified atom stereocenters. The molecule has 0 atom stereocenters. The van der Waals surface area contributed by atoms with Gasteiger partial charge in [0.15, 0.2) is 17.5 Å². The summed E-state index contributed by atoms with van der Waals surface area (Å²) < 4.78 is 0. The first-order valence-electron chi connectivity index (χ1n) is 4.11. The van der Waals surface area contributed by atoms with Crippen molar-refractivity contribution >= 4 is 11.6 Å². The first-order chi connectivity index (χ1) is 6.83. The molecular formula is C7H8N6O. The second kappa shape index (κ2) is 2.34. The Hall–Kier alpha value is -2.31. The highest BCUT2D eigenvalue weighted by Crippen LogP contribution is 2.25. The van der Waals surface area contributed by atoms with Crippen LogP contribution >= 0.6 is 0 Å². The smallest absolute Gasteiger partial charge is 0.326 e. The van der Waals surface area contributed by atoms with E-state index in [0.29, 0.717) is 11.6 Å². The van der Waals surface area contributed by atoms with Crippen molar-refractivity contribution in [3.63, 3.8) is 0 Å². The highest BCUT2D eigenvalue weighted by Gasteiger charge is 2.20. The van der Waals surface area contributed by atoms with E-state index in [1.165, 1.54) is 0 Å². The molecule has 0 amide bonds. The third-order valence-corrected chi connectivity index (χ3v) is 2.02. The molecule has 1 aromatic rings. The first kappa shape index (κ1) is 7.13. The summed E-state index contributed by atoms with van der Waals surface area (Å²) in [4.78, 5) is 16.1. The van der Waals surface area contributed by atoms with E-state index >= 15 is 0 Å². The third-order valence-electron chi connectivity index (χ3n) is 2.02. The number of H-pyrrole nitrogens is 2. The Morgan fingerprint density at radius 2 is 1.43 bits per heavy atom. The van der Waals surface area contributed by atoms with Crippen LogP contribution in [0.2, 0.25) is 0 Å². The number of hydrogen-bond acceptors (Lipinski definition) is 5. The van der Waals surface area contributed by atoms with Gasteiger partial charge in [-0.25, -0.2) is 4.79 Å². The van der Waals surface area contributed by atoms with Gasteiger partial charge < -0.3 is 21.3 Å². The van der Waals surface area contributed by atoms with E-state index in [-0.39, 0.29) is 5.69 Å². The molecule has 14 heavy (non-hydrogen) atoms. The quantitative estimate of drug-likeness (QED) is 0.328.